The van der Waals surface area contributed by atoms with Gasteiger partial charge in [0.25, 0.3) is 0 Å². The van der Waals surface area contributed by atoms with Crippen LogP contribution in [0.4, 0.5) is 11.4 Å². The molecule has 34 nitrogen and oxygen atoms in total. The molecule has 0 bridgehead atoms. The molecule has 11 N–H and O–H groups in total. The number of hydrogen-bond donors (Lipinski definition) is 10. The fourth-order valence-corrected chi connectivity index (χ4v) is 19.3. The second-order valence-electron chi connectivity index (χ2n) is 35.5. The number of nitrogens with two attached hydrogens (primary N) is 1. The number of aryl methyl sites for hydroxylation is 1. The molecule has 2 aliphatic heterocycles. The van der Waals surface area contributed by atoms with Gasteiger partial charge in [-0.2, -0.15) is 0 Å². The van der Waals surface area contributed by atoms with E-state index in [-0.39, 0.29) is 183 Å². The van der Waals surface area contributed by atoms with E-state index < -0.39 is 100 Å². The molecular formula is C98H139N10O24S-. The summed E-state index contributed by atoms with van der Waals surface area (Å²) >= 11 is -2.21. The summed E-state index contributed by atoms with van der Waals surface area (Å²) in [5.41, 5.74) is 11.2. The van der Waals surface area contributed by atoms with E-state index in [1.54, 1.807) is 43.0 Å². The van der Waals surface area contributed by atoms with Crippen LogP contribution in [0.3, 0.4) is 0 Å². The van der Waals surface area contributed by atoms with E-state index in [1.807, 2.05) is 66.7 Å². The molecule has 5 aliphatic carbocycles. The van der Waals surface area contributed by atoms with Crippen molar-refractivity contribution >= 4 is 81.3 Å². The molecule has 2 heterocycles. The molecule has 4 fully saturated rings. The molecule has 0 radical (unpaired) electrons. The lowest BCUT2D eigenvalue weighted by molar-refractivity contribution is -0.199. The summed E-state index contributed by atoms with van der Waals surface area (Å²) < 4.78 is 85.8. The Bertz CT molecular complexity index is 4520. The SMILES string of the molecule is CCCC1O[C@@H]2CC3[C@@H]4CCC5=CC(=O)C=C[C@]5(C)C4[C@@H](O)C[C@]3(C)[C@]2(C(=O)CCc2ccc(NC(=O)CNC(=O)C(NC(=O)[C@@H](CCCCNC(=O)COC3CCCCCC(NCCOCCOCCOCCOCCC(=O)NCCS(=O)[O-])=C3N)NC(=O)CCOCCOCCOCCOCCNC(=O)CCC(=O)N3Cc4ccccc4C#Cc4ccccc43)C(C)C)cc2)O1. The van der Waals surface area contributed by atoms with E-state index in [0.29, 0.717) is 128 Å². The maximum atomic E-state index is 15.1. The minimum atomic E-state index is -2.21. The first-order chi connectivity index (χ1) is 64.3. The van der Waals surface area contributed by atoms with Gasteiger partial charge in [-0.05, 0) is 148 Å². The molecule has 1 saturated heterocycles. The number of carbonyl (C=O) groups excluding carboxylic acids is 10. The molecule has 732 valence electrons. The Balaban J connectivity index is 0.629. The Morgan fingerprint density at radius 2 is 1.28 bits per heavy atom. The van der Waals surface area contributed by atoms with Crippen LogP contribution in [0.15, 0.2) is 108 Å². The van der Waals surface area contributed by atoms with Crippen LogP contribution in [0.1, 0.15) is 179 Å². The van der Waals surface area contributed by atoms with Gasteiger partial charge in [-0.3, -0.25) is 52.2 Å². The van der Waals surface area contributed by atoms with Gasteiger partial charge < -0.3 is 115 Å². The van der Waals surface area contributed by atoms with E-state index >= 15 is 4.79 Å². The molecule has 3 aromatic carbocycles. The van der Waals surface area contributed by atoms with Gasteiger partial charge in [-0.25, -0.2) is 0 Å². The van der Waals surface area contributed by atoms with Gasteiger partial charge in [0.15, 0.2) is 23.5 Å². The molecule has 8 amide bonds. The first-order valence-electron chi connectivity index (χ1n) is 47.4. The molecule has 13 atom stereocenters. The van der Waals surface area contributed by atoms with Gasteiger partial charge in [-0.1, -0.05) is 131 Å². The number of ketones is 2. The highest BCUT2D eigenvalue weighted by molar-refractivity contribution is 7.79. The summed E-state index contributed by atoms with van der Waals surface area (Å²) in [5, 5.41) is 35.0. The van der Waals surface area contributed by atoms with E-state index in [2.05, 4.69) is 75.1 Å². The predicted molar refractivity (Wildman–Crippen MR) is 495 cm³/mol. The fraction of sp³-hybridized carbons (Fsp3) is 0.633. The van der Waals surface area contributed by atoms with Crippen molar-refractivity contribution in [2.45, 2.75) is 212 Å². The second-order valence-corrected chi connectivity index (χ2v) is 36.5. The third-order valence-electron chi connectivity index (χ3n) is 25.8. The Hall–Kier alpha value is -9.23. The largest absolute Gasteiger partial charge is 0.772 e. The van der Waals surface area contributed by atoms with Crippen LogP contribution < -0.4 is 53.2 Å². The van der Waals surface area contributed by atoms with Crippen molar-refractivity contribution in [3.05, 3.63) is 130 Å². The van der Waals surface area contributed by atoms with Crippen molar-refractivity contribution in [2.75, 3.05) is 161 Å². The van der Waals surface area contributed by atoms with Crippen molar-refractivity contribution < 1.29 is 114 Å². The monoisotopic (exact) mass is 1870 g/mol. The first kappa shape index (κ1) is 106. The van der Waals surface area contributed by atoms with Crippen molar-refractivity contribution in [3.63, 3.8) is 0 Å². The Morgan fingerprint density at radius 1 is 0.654 bits per heavy atom. The van der Waals surface area contributed by atoms with E-state index in [9.17, 15) is 57.0 Å². The van der Waals surface area contributed by atoms with E-state index in [4.69, 9.17) is 57.8 Å². The minimum Gasteiger partial charge on any atom is -0.772 e. The maximum absolute atomic E-state index is 15.1. The highest BCUT2D eigenvalue weighted by Gasteiger charge is 2.75. The van der Waals surface area contributed by atoms with Crippen molar-refractivity contribution in [1.82, 2.24) is 37.2 Å². The molecule has 35 heteroatoms. The second kappa shape index (κ2) is 55.1. The van der Waals surface area contributed by atoms with Crippen LogP contribution in [0.2, 0.25) is 0 Å². The van der Waals surface area contributed by atoms with Crippen molar-refractivity contribution in [3.8, 4) is 11.8 Å². The number of benzene rings is 3. The summed E-state index contributed by atoms with van der Waals surface area (Å²) in [6.07, 6.45) is 12.6. The number of carbonyl (C=O) groups is 10. The van der Waals surface area contributed by atoms with Crippen LogP contribution in [0.5, 0.6) is 0 Å². The Kier molecular flexibility index (Phi) is 43.8. The van der Waals surface area contributed by atoms with Crippen LogP contribution in [-0.4, -0.2) is 266 Å². The third kappa shape index (κ3) is 31.9. The number of rotatable bonds is 59. The standard InChI is InChI=1S/C98H140N10O24S/c1-6-16-90-131-83-62-76-75-32-29-72-61-74(109)36-39-96(72,4)91(75)80(110)63-97(76,5)98(83,132-90)82(111)33-26-68-24-30-73(31-25-68)105-87(115)64-104-95(119)93(67(2)3)107-94(118)78(21-14-15-40-101-88(116)66-130-81-23-9-7-8-20-77(92(81)99)100-41-46-124-50-54-128-58-56-126-52-48-122-44-37-85(113)103-43-60-133(120)121)106-86(114)38-45-123-49-53-127-57-59-129-55-51-125-47-42-102-84(112)34-35-89(117)108-65-71-19-11-10-17-69(71)27-28-70-18-12-13-22-79(70)108/h10-13,17-19,22,24-25,30-31,36,39,61,67,75-76,78,80-81,83,90-91,93,100,110H,6-9,14-16,20-21,23,26,29,32-35,37-38,40-60,62-66,99H2,1-5H3,(H,101,116)(H,102,112)(H,103,113)(H,104,119)(H,105,115)(H,106,114)(H,107,118)(H,120,121)/p-1/t75-,76?,78+,80-,81?,83+,90?,91?,93?,96-,97-,98+/m0/s1. The molecule has 0 spiro atoms. The van der Waals surface area contributed by atoms with Crippen LogP contribution in [0.25, 0.3) is 0 Å². The van der Waals surface area contributed by atoms with Gasteiger partial charge in [0.2, 0.25) is 47.3 Å². The summed E-state index contributed by atoms with van der Waals surface area (Å²) in [6, 6.07) is 20.1. The summed E-state index contributed by atoms with van der Waals surface area (Å²) in [5.74, 6) is 2.31. The quantitative estimate of drug-likeness (QED) is 0.0171. The average Bonchev–Trinajstić information content (AvgIpc) is 1.50. The summed E-state index contributed by atoms with van der Waals surface area (Å²) in [4.78, 5) is 136. The third-order valence-corrected chi connectivity index (χ3v) is 26.4. The number of nitrogens with zero attached hydrogens (tertiary/aromatic N) is 1. The lowest BCUT2D eigenvalue weighted by Crippen LogP contribution is -2.63. The van der Waals surface area contributed by atoms with Crippen LogP contribution >= 0.6 is 0 Å². The number of para-hydroxylation sites is 1. The van der Waals surface area contributed by atoms with Gasteiger partial charge in [-0.15, -0.1) is 0 Å². The number of nitrogens with one attached hydrogen (secondary N) is 8. The number of aliphatic hydroxyl groups is 1. The number of allylic oxidation sites excluding steroid dienone is 5. The van der Waals surface area contributed by atoms with Gasteiger partial charge >= 0.3 is 0 Å². The number of amides is 8. The molecular weight excluding hydrogens is 1730 g/mol. The Labute approximate surface area is 783 Å². The topological polar surface area (TPSA) is 458 Å². The molecule has 0 aromatic heterocycles. The lowest BCUT2D eigenvalue weighted by Gasteiger charge is -2.59. The van der Waals surface area contributed by atoms with Crippen LogP contribution in [-0.2, 0) is 124 Å². The van der Waals surface area contributed by atoms with E-state index in [1.165, 1.54) is 0 Å². The minimum absolute atomic E-state index is 0.00167. The summed E-state index contributed by atoms with van der Waals surface area (Å²) in [6.45, 7) is 14.8. The molecule has 3 saturated carbocycles. The number of ether oxygens (including phenoxy) is 11. The van der Waals surface area contributed by atoms with E-state index in [0.717, 1.165) is 72.0 Å². The molecule has 6 unspecified atom stereocenters. The first-order valence-corrected chi connectivity index (χ1v) is 48.6. The average molecular weight is 1870 g/mol. The van der Waals surface area contributed by atoms with Crippen molar-refractivity contribution in [1.29, 1.82) is 0 Å². The zero-order chi connectivity index (χ0) is 95.0. The highest BCUT2D eigenvalue weighted by atomic mass is 32.2. The molecule has 7 aliphatic rings. The zero-order valence-electron chi connectivity index (χ0n) is 77.8. The number of aliphatic hydroxyl groups excluding tert-OH is 1. The zero-order valence-corrected chi connectivity index (χ0v) is 78.6. The number of anilines is 2. The molecule has 3 aromatic rings. The summed E-state index contributed by atoms with van der Waals surface area (Å²) in [7, 11) is 0. The van der Waals surface area contributed by atoms with Gasteiger partial charge in [0.05, 0.1) is 148 Å². The number of unbranched alkanes of at least 4 members (excludes halogenated alkanes) is 1. The molecule has 133 heavy (non-hydrogen) atoms. The van der Waals surface area contributed by atoms with Gasteiger partial charge in [0.1, 0.15) is 18.7 Å². The maximum Gasteiger partial charge on any atom is 0.246 e. The molecule has 10 rings (SSSR count). The van der Waals surface area contributed by atoms with Crippen LogP contribution in [0, 0.1) is 46.3 Å². The number of hydrogen-bond acceptors (Lipinski definition) is 26. The normalized spacial score (nSPS) is 22.9. The fourth-order valence-electron chi connectivity index (χ4n) is 19.0. The number of Topliss-reactive ketones (excluding diaryl/α,β-unsaturated/α-hetero) is 1. The van der Waals surface area contributed by atoms with Crippen molar-refractivity contribution in [2.24, 2.45) is 40.2 Å². The Morgan fingerprint density at radius 3 is 1.96 bits per heavy atom. The highest BCUT2D eigenvalue weighted by Crippen LogP contribution is 2.70. The smallest absolute Gasteiger partial charge is 0.246 e. The predicted octanol–water partition coefficient (Wildman–Crippen LogP) is 6.18. The van der Waals surface area contributed by atoms with Gasteiger partial charge in [0, 0.05) is 103 Å². The number of fused-ring (bicyclic) bond motifs is 9. The lowest BCUT2D eigenvalue weighted by atomic mass is 9.46.